The highest BCUT2D eigenvalue weighted by Gasteiger charge is 2.19. The molecule has 5 nitrogen and oxygen atoms in total. The fourth-order valence-corrected chi connectivity index (χ4v) is 4.10. The van der Waals surface area contributed by atoms with Crippen LogP contribution in [-0.2, 0) is 10.0 Å². The Morgan fingerprint density at radius 3 is 2.20 bits per heavy atom. The van der Waals surface area contributed by atoms with Gasteiger partial charge in [0.2, 0.25) is 0 Å². The molecule has 3 aromatic rings. The van der Waals surface area contributed by atoms with Crippen molar-refractivity contribution in [2.24, 2.45) is 0 Å². The largest absolute Gasteiger partial charge is 0.356 e. The number of rotatable bonds is 4. The van der Waals surface area contributed by atoms with E-state index < -0.39 is 10.0 Å². The van der Waals surface area contributed by atoms with Crippen molar-refractivity contribution >= 4 is 15.7 Å². The number of aromatic nitrogens is 1. The van der Waals surface area contributed by atoms with Gasteiger partial charge in [-0.2, -0.15) is 0 Å². The first-order valence-corrected chi connectivity index (χ1v) is 9.38. The number of anilines is 1. The molecule has 130 valence electrons. The van der Waals surface area contributed by atoms with E-state index in [0.717, 1.165) is 16.8 Å². The Hall–Kier alpha value is -2.60. The predicted molar refractivity (Wildman–Crippen MR) is 98.1 cm³/mol. The summed E-state index contributed by atoms with van der Waals surface area (Å²) in [5, 5.41) is 3.85. The van der Waals surface area contributed by atoms with Crippen molar-refractivity contribution in [3.63, 3.8) is 0 Å². The van der Waals surface area contributed by atoms with Crippen LogP contribution < -0.4 is 4.72 Å². The molecule has 0 unspecified atom stereocenters. The van der Waals surface area contributed by atoms with Gasteiger partial charge in [-0.3, -0.25) is 4.72 Å². The van der Waals surface area contributed by atoms with Gasteiger partial charge in [0, 0.05) is 17.3 Å². The van der Waals surface area contributed by atoms with Crippen LogP contribution in [0, 0.1) is 27.7 Å². The lowest BCUT2D eigenvalue weighted by Crippen LogP contribution is -2.14. The molecule has 0 fully saturated rings. The normalized spacial score (nSPS) is 11.5. The first-order valence-electron chi connectivity index (χ1n) is 7.90. The highest BCUT2D eigenvalue weighted by atomic mass is 32.2. The second-order valence-corrected chi connectivity index (χ2v) is 7.95. The maximum absolute atomic E-state index is 12.9. The van der Waals surface area contributed by atoms with Gasteiger partial charge in [0.1, 0.15) is 0 Å². The summed E-state index contributed by atoms with van der Waals surface area (Å²) >= 11 is 0. The maximum atomic E-state index is 12.9. The lowest BCUT2D eigenvalue weighted by Gasteiger charge is -2.12. The second-order valence-electron chi connectivity index (χ2n) is 6.29. The van der Waals surface area contributed by atoms with Crippen LogP contribution in [0.3, 0.4) is 0 Å². The maximum Gasteiger partial charge on any atom is 0.262 e. The van der Waals surface area contributed by atoms with Gasteiger partial charge >= 0.3 is 0 Å². The molecule has 0 saturated carbocycles. The van der Waals surface area contributed by atoms with E-state index in [2.05, 4.69) is 9.88 Å². The standard InChI is InChI=1S/C19H20N2O3S/c1-12-7-13(2)9-17(8-12)21-25(22,23)19-11-16(6-5-14(19)3)18-10-15(4)20-24-18/h5-11,21H,1-4H3. The van der Waals surface area contributed by atoms with E-state index in [-0.39, 0.29) is 4.90 Å². The van der Waals surface area contributed by atoms with E-state index in [1.54, 1.807) is 25.1 Å². The number of sulfonamides is 1. The van der Waals surface area contributed by atoms with Crippen molar-refractivity contribution < 1.29 is 12.9 Å². The average Bonchev–Trinajstić information content (AvgIpc) is 2.92. The molecule has 0 aliphatic rings. The molecule has 0 aliphatic heterocycles. The molecule has 0 saturated heterocycles. The minimum Gasteiger partial charge on any atom is -0.356 e. The first-order chi connectivity index (χ1) is 11.7. The zero-order valence-corrected chi connectivity index (χ0v) is 15.4. The summed E-state index contributed by atoms with van der Waals surface area (Å²) in [5.74, 6) is 0.542. The van der Waals surface area contributed by atoms with Crippen molar-refractivity contribution in [1.82, 2.24) is 5.16 Å². The van der Waals surface area contributed by atoms with E-state index >= 15 is 0 Å². The summed E-state index contributed by atoms with van der Waals surface area (Å²) in [6.07, 6.45) is 0. The molecule has 0 atom stereocenters. The monoisotopic (exact) mass is 356 g/mol. The minimum absolute atomic E-state index is 0.221. The molecule has 0 aliphatic carbocycles. The molecule has 1 N–H and O–H groups in total. The van der Waals surface area contributed by atoms with Gasteiger partial charge in [-0.05, 0) is 62.6 Å². The van der Waals surface area contributed by atoms with Crippen molar-refractivity contribution in [1.29, 1.82) is 0 Å². The van der Waals surface area contributed by atoms with Crippen LogP contribution in [0.15, 0.2) is 51.9 Å². The summed E-state index contributed by atoms with van der Waals surface area (Å²) in [6, 6.07) is 12.6. The summed E-state index contributed by atoms with van der Waals surface area (Å²) < 4.78 is 33.7. The molecular weight excluding hydrogens is 336 g/mol. The Balaban J connectivity index is 2.01. The summed E-state index contributed by atoms with van der Waals surface area (Å²) in [4.78, 5) is 0.221. The fourth-order valence-electron chi connectivity index (χ4n) is 2.79. The van der Waals surface area contributed by atoms with Gasteiger partial charge < -0.3 is 4.52 Å². The van der Waals surface area contributed by atoms with Crippen LogP contribution in [0.4, 0.5) is 5.69 Å². The quantitative estimate of drug-likeness (QED) is 0.753. The highest BCUT2D eigenvalue weighted by molar-refractivity contribution is 7.92. The Kier molecular flexibility index (Phi) is 4.39. The molecule has 1 heterocycles. The van der Waals surface area contributed by atoms with Crippen LogP contribution in [0.5, 0.6) is 0 Å². The number of nitrogens with one attached hydrogen (secondary N) is 1. The first kappa shape index (κ1) is 17.2. The minimum atomic E-state index is -3.71. The van der Waals surface area contributed by atoms with Crippen molar-refractivity contribution in [3.8, 4) is 11.3 Å². The zero-order chi connectivity index (χ0) is 18.2. The SMILES string of the molecule is Cc1cc(C)cc(NS(=O)(=O)c2cc(-c3cc(C)no3)ccc2C)c1. The van der Waals surface area contributed by atoms with Gasteiger partial charge in [-0.1, -0.05) is 23.4 Å². The van der Waals surface area contributed by atoms with Gasteiger partial charge in [-0.25, -0.2) is 8.42 Å². The second kappa shape index (κ2) is 6.37. The van der Waals surface area contributed by atoms with Gasteiger partial charge in [0.05, 0.1) is 10.6 Å². The van der Waals surface area contributed by atoms with Crippen molar-refractivity contribution in [3.05, 3.63) is 64.8 Å². The molecular formula is C19H20N2O3S. The molecule has 0 amide bonds. The smallest absolute Gasteiger partial charge is 0.262 e. The fraction of sp³-hybridized carbons (Fsp3) is 0.211. The Bertz CT molecular complexity index is 1020. The van der Waals surface area contributed by atoms with Gasteiger partial charge in [-0.15, -0.1) is 0 Å². The molecule has 0 spiro atoms. The summed E-state index contributed by atoms with van der Waals surface area (Å²) in [7, 11) is -3.71. The number of nitrogens with zero attached hydrogens (tertiary/aromatic N) is 1. The van der Waals surface area contributed by atoms with E-state index in [0.29, 0.717) is 22.6 Å². The predicted octanol–water partition coefficient (Wildman–Crippen LogP) is 4.38. The van der Waals surface area contributed by atoms with Crippen LogP contribution in [-0.4, -0.2) is 13.6 Å². The van der Waals surface area contributed by atoms with Crippen molar-refractivity contribution in [2.75, 3.05) is 4.72 Å². The van der Waals surface area contributed by atoms with Crippen LogP contribution in [0.25, 0.3) is 11.3 Å². The molecule has 3 rings (SSSR count). The third-order valence-corrected chi connectivity index (χ3v) is 5.39. The topological polar surface area (TPSA) is 72.2 Å². The van der Waals surface area contributed by atoms with E-state index in [1.165, 1.54) is 0 Å². The number of aryl methyl sites for hydroxylation is 4. The Morgan fingerprint density at radius 2 is 1.60 bits per heavy atom. The lowest BCUT2D eigenvalue weighted by molar-refractivity contribution is 0.427. The van der Waals surface area contributed by atoms with Crippen LogP contribution in [0.2, 0.25) is 0 Å². The van der Waals surface area contributed by atoms with E-state index in [9.17, 15) is 8.42 Å². The van der Waals surface area contributed by atoms with Crippen LogP contribution in [0.1, 0.15) is 22.4 Å². The number of hydrogen-bond donors (Lipinski definition) is 1. The third kappa shape index (κ3) is 3.74. The molecule has 25 heavy (non-hydrogen) atoms. The highest BCUT2D eigenvalue weighted by Crippen LogP contribution is 2.27. The number of hydrogen-bond acceptors (Lipinski definition) is 4. The van der Waals surface area contributed by atoms with Gasteiger partial charge in [0.15, 0.2) is 5.76 Å². The molecule has 1 aromatic heterocycles. The molecule has 6 heteroatoms. The van der Waals surface area contributed by atoms with Crippen LogP contribution >= 0.6 is 0 Å². The summed E-state index contributed by atoms with van der Waals surface area (Å²) in [6.45, 7) is 7.46. The lowest BCUT2D eigenvalue weighted by atomic mass is 10.1. The zero-order valence-electron chi connectivity index (χ0n) is 14.6. The molecule has 0 radical (unpaired) electrons. The molecule has 0 bridgehead atoms. The third-order valence-electron chi connectivity index (χ3n) is 3.86. The van der Waals surface area contributed by atoms with Crippen molar-refractivity contribution in [2.45, 2.75) is 32.6 Å². The van der Waals surface area contributed by atoms with Gasteiger partial charge in [0.25, 0.3) is 10.0 Å². The Morgan fingerprint density at radius 1 is 0.920 bits per heavy atom. The average molecular weight is 356 g/mol. The molecule has 2 aromatic carbocycles. The Labute approximate surface area is 147 Å². The summed E-state index contributed by atoms with van der Waals surface area (Å²) in [5.41, 5.74) is 4.63. The van der Waals surface area contributed by atoms with E-state index in [4.69, 9.17) is 4.52 Å². The van der Waals surface area contributed by atoms with E-state index in [1.807, 2.05) is 45.0 Å². The number of benzene rings is 2.